The number of nitrogens with one attached hydrogen (secondary N) is 2. The molecular formula is C17H25N3O2. The lowest BCUT2D eigenvalue weighted by atomic mass is 10.0. The number of likely N-dealkylation sites (tertiary alicyclic amines) is 1. The molecule has 0 radical (unpaired) electrons. The summed E-state index contributed by atoms with van der Waals surface area (Å²) < 4.78 is 0. The molecule has 1 heterocycles. The van der Waals surface area contributed by atoms with Crippen LogP contribution in [0.2, 0.25) is 0 Å². The van der Waals surface area contributed by atoms with Gasteiger partial charge in [0.2, 0.25) is 11.8 Å². The Morgan fingerprint density at radius 3 is 2.68 bits per heavy atom. The van der Waals surface area contributed by atoms with Gasteiger partial charge in [0.05, 0.1) is 12.5 Å². The van der Waals surface area contributed by atoms with Crippen molar-refractivity contribution < 1.29 is 9.59 Å². The Balaban J connectivity index is 1.98. The molecule has 2 unspecified atom stereocenters. The molecule has 0 spiro atoms. The summed E-state index contributed by atoms with van der Waals surface area (Å²) in [5.41, 5.74) is 0.969. The van der Waals surface area contributed by atoms with Crippen molar-refractivity contribution in [1.82, 2.24) is 15.5 Å². The van der Waals surface area contributed by atoms with Crippen LogP contribution in [0.5, 0.6) is 0 Å². The van der Waals surface area contributed by atoms with Gasteiger partial charge in [-0.25, -0.2) is 0 Å². The van der Waals surface area contributed by atoms with Crippen molar-refractivity contribution in [2.75, 3.05) is 26.7 Å². The number of benzene rings is 1. The maximum Gasteiger partial charge on any atom is 0.224 e. The van der Waals surface area contributed by atoms with Crippen molar-refractivity contribution in [3.63, 3.8) is 0 Å². The zero-order valence-corrected chi connectivity index (χ0v) is 13.3. The van der Waals surface area contributed by atoms with E-state index in [0.717, 1.165) is 31.6 Å². The molecule has 1 aromatic carbocycles. The summed E-state index contributed by atoms with van der Waals surface area (Å²) in [4.78, 5) is 25.9. The van der Waals surface area contributed by atoms with E-state index in [4.69, 9.17) is 0 Å². The Labute approximate surface area is 132 Å². The lowest BCUT2D eigenvalue weighted by molar-refractivity contribution is -0.131. The molecule has 120 valence electrons. The first-order valence-electron chi connectivity index (χ1n) is 7.84. The molecule has 0 aliphatic carbocycles. The van der Waals surface area contributed by atoms with Gasteiger partial charge >= 0.3 is 0 Å². The van der Waals surface area contributed by atoms with E-state index >= 15 is 0 Å². The molecule has 2 N–H and O–H groups in total. The second kappa shape index (κ2) is 7.94. The molecule has 1 aliphatic rings. The molecule has 2 rings (SSSR count). The van der Waals surface area contributed by atoms with E-state index < -0.39 is 0 Å². The van der Waals surface area contributed by atoms with Gasteiger partial charge in [-0.05, 0) is 31.5 Å². The number of hydrogen-bond donors (Lipinski definition) is 2. The molecule has 22 heavy (non-hydrogen) atoms. The third-order valence-corrected chi connectivity index (χ3v) is 4.09. The van der Waals surface area contributed by atoms with Crippen LogP contribution >= 0.6 is 0 Å². The molecule has 0 saturated carbocycles. The minimum absolute atomic E-state index is 0.112. The van der Waals surface area contributed by atoms with Crippen LogP contribution < -0.4 is 10.6 Å². The average Bonchev–Trinajstić information content (AvgIpc) is 2.96. The summed E-state index contributed by atoms with van der Waals surface area (Å²) in [7, 11) is 1.94. The number of carbonyl (C=O) groups excluding carboxylic acids is 2. The van der Waals surface area contributed by atoms with Crippen molar-refractivity contribution in [3.8, 4) is 0 Å². The molecule has 2 atom stereocenters. The Hall–Kier alpha value is -1.88. The summed E-state index contributed by atoms with van der Waals surface area (Å²) in [5.74, 6) is 0.530. The highest BCUT2D eigenvalue weighted by atomic mass is 16.2. The van der Waals surface area contributed by atoms with Gasteiger partial charge in [0, 0.05) is 20.0 Å². The van der Waals surface area contributed by atoms with Crippen LogP contribution in [0.4, 0.5) is 0 Å². The standard InChI is InChI=1S/C17H25N3O2/c1-13(21)19-16(15-6-4-3-5-7-15)10-17(22)20-9-8-14(12-20)11-18-2/h3-7,14,16,18H,8-12H2,1-2H3,(H,19,21). The van der Waals surface area contributed by atoms with Crippen LogP contribution in [0.25, 0.3) is 0 Å². The van der Waals surface area contributed by atoms with Gasteiger partial charge in [0.1, 0.15) is 0 Å². The predicted molar refractivity (Wildman–Crippen MR) is 86.2 cm³/mol. The molecule has 1 fully saturated rings. The first-order chi connectivity index (χ1) is 10.6. The third-order valence-electron chi connectivity index (χ3n) is 4.09. The Kier molecular flexibility index (Phi) is 5.95. The molecule has 5 heteroatoms. The van der Waals surface area contributed by atoms with Gasteiger partial charge < -0.3 is 15.5 Å². The largest absolute Gasteiger partial charge is 0.349 e. The lowest BCUT2D eigenvalue weighted by Crippen LogP contribution is -2.35. The minimum atomic E-state index is -0.255. The highest BCUT2D eigenvalue weighted by molar-refractivity contribution is 5.79. The Bertz CT molecular complexity index is 504. The highest BCUT2D eigenvalue weighted by Gasteiger charge is 2.27. The Morgan fingerprint density at radius 2 is 2.05 bits per heavy atom. The average molecular weight is 303 g/mol. The molecule has 1 aliphatic heterocycles. The fraction of sp³-hybridized carbons (Fsp3) is 0.529. The zero-order chi connectivity index (χ0) is 15.9. The van der Waals surface area contributed by atoms with Gasteiger partial charge in [-0.1, -0.05) is 30.3 Å². The van der Waals surface area contributed by atoms with Crippen molar-refractivity contribution in [2.24, 2.45) is 5.92 Å². The monoisotopic (exact) mass is 303 g/mol. The van der Waals surface area contributed by atoms with E-state index in [1.54, 1.807) is 0 Å². The molecule has 1 saturated heterocycles. The van der Waals surface area contributed by atoms with E-state index in [2.05, 4.69) is 10.6 Å². The van der Waals surface area contributed by atoms with E-state index in [9.17, 15) is 9.59 Å². The molecule has 2 amide bonds. The van der Waals surface area contributed by atoms with E-state index in [0.29, 0.717) is 12.3 Å². The quantitative estimate of drug-likeness (QED) is 0.833. The fourth-order valence-electron chi connectivity index (χ4n) is 3.00. The smallest absolute Gasteiger partial charge is 0.224 e. The van der Waals surface area contributed by atoms with Gasteiger partial charge in [0.15, 0.2) is 0 Å². The number of hydrogen-bond acceptors (Lipinski definition) is 3. The van der Waals surface area contributed by atoms with Crippen LogP contribution in [0.3, 0.4) is 0 Å². The molecule has 1 aromatic rings. The number of nitrogens with zero attached hydrogens (tertiary/aromatic N) is 1. The van der Waals surface area contributed by atoms with Crippen molar-refractivity contribution in [2.45, 2.75) is 25.8 Å². The van der Waals surface area contributed by atoms with Gasteiger partial charge in [-0.2, -0.15) is 0 Å². The topological polar surface area (TPSA) is 61.4 Å². The second-order valence-corrected chi connectivity index (χ2v) is 5.92. The Morgan fingerprint density at radius 1 is 1.32 bits per heavy atom. The van der Waals surface area contributed by atoms with Gasteiger partial charge in [0.25, 0.3) is 0 Å². The lowest BCUT2D eigenvalue weighted by Gasteiger charge is -2.22. The maximum absolute atomic E-state index is 12.5. The summed E-state index contributed by atoms with van der Waals surface area (Å²) in [5, 5.41) is 6.06. The van der Waals surface area contributed by atoms with Crippen molar-refractivity contribution in [3.05, 3.63) is 35.9 Å². The van der Waals surface area contributed by atoms with Crippen molar-refractivity contribution in [1.29, 1.82) is 0 Å². The summed E-state index contributed by atoms with van der Waals surface area (Å²) in [6, 6.07) is 9.41. The fourth-order valence-corrected chi connectivity index (χ4v) is 3.00. The number of rotatable bonds is 6. The molecule has 0 aromatic heterocycles. The zero-order valence-electron chi connectivity index (χ0n) is 13.3. The number of carbonyl (C=O) groups is 2. The summed E-state index contributed by atoms with van der Waals surface area (Å²) in [6.07, 6.45) is 1.36. The van der Waals surface area contributed by atoms with Crippen LogP contribution in [0, 0.1) is 5.92 Å². The first kappa shape index (κ1) is 16.5. The van der Waals surface area contributed by atoms with Crippen LogP contribution in [0.15, 0.2) is 30.3 Å². The van der Waals surface area contributed by atoms with E-state index in [1.165, 1.54) is 6.92 Å². The minimum Gasteiger partial charge on any atom is -0.349 e. The van der Waals surface area contributed by atoms with Crippen LogP contribution in [-0.4, -0.2) is 43.4 Å². The first-order valence-corrected chi connectivity index (χ1v) is 7.84. The van der Waals surface area contributed by atoms with Crippen LogP contribution in [-0.2, 0) is 9.59 Å². The van der Waals surface area contributed by atoms with Crippen molar-refractivity contribution >= 4 is 11.8 Å². The molecule has 0 bridgehead atoms. The second-order valence-electron chi connectivity index (χ2n) is 5.92. The molecule has 5 nitrogen and oxygen atoms in total. The summed E-state index contributed by atoms with van der Waals surface area (Å²) >= 11 is 0. The van der Waals surface area contributed by atoms with Crippen LogP contribution in [0.1, 0.15) is 31.4 Å². The normalized spacial score (nSPS) is 19.0. The van der Waals surface area contributed by atoms with E-state index in [-0.39, 0.29) is 17.9 Å². The predicted octanol–water partition coefficient (Wildman–Crippen LogP) is 1.32. The molecular weight excluding hydrogens is 278 g/mol. The highest BCUT2D eigenvalue weighted by Crippen LogP contribution is 2.21. The third kappa shape index (κ3) is 4.56. The number of amides is 2. The van der Waals surface area contributed by atoms with E-state index in [1.807, 2.05) is 42.3 Å². The summed E-state index contributed by atoms with van der Waals surface area (Å²) in [6.45, 7) is 4.05. The SMILES string of the molecule is CNCC1CCN(C(=O)CC(NC(C)=O)c2ccccc2)C1. The maximum atomic E-state index is 12.5. The van der Waals surface area contributed by atoms with Gasteiger partial charge in [-0.15, -0.1) is 0 Å². The van der Waals surface area contributed by atoms with Gasteiger partial charge in [-0.3, -0.25) is 9.59 Å².